The van der Waals surface area contributed by atoms with E-state index < -0.39 is 0 Å². The van der Waals surface area contributed by atoms with Crippen molar-refractivity contribution in [3.05, 3.63) is 0 Å². The van der Waals surface area contributed by atoms with E-state index in [1.54, 1.807) is 7.05 Å². The number of nitrogens with one attached hydrogen (secondary N) is 2. The van der Waals surface area contributed by atoms with Crippen LogP contribution in [-0.4, -0.2) is 25.0 Å². The molecule has 0 unspecified atom stereocenters. The maximum atomic E-state index is 11.0. The van der Waals surface area contributed by atoms with Gasteiger partial charge in [0.25, 0.3) is 0 Å². The summed E-state index contributed by atoms with van der Waals surface area (Å²) in [5.74, 6) is 0.144. The van der Waals surface area contributed by atoms with Crippen LogP contribution >= 0.6 is 0 Å². The van der Waals surface area contributed by atoms with Gasteiger partial charge in [0.05, 0.1) is 0 Å². The van der Waals surface area contributed by atoms with Crippen LogP contribution < -0.4 is 10.6 Å². The molecule has 1 amide bonds. The van der Waals surface area contributed by atoms with Crippen molar-refractivity contribution in [2.75, 3.05) is 13.6 Å². The summed E-state index contributed by atoms with van der Waals surface area (Å²) in [5.41, 5.74) is 0.334. The van der Waals surface area contributed by atoms with Crippen molar-refractivity contribution in [3.63, 3.8) is 0 Å². The smallest absolute Gasteiger partial charge is 0.219 e. The van der Waals surface area contributed by atoms with Gasteiger partial charge in [-0.2, -0.15) is 0 Å². The van der Waals surface area contributed by atoms with Crippen LogP contribution in [0.3, 0.4) is 0 Å². The van der Waals surface area contributed by atoms with Crippen LogP contribution in [0, 0.1) is 0 Å². The summed E-state index contributed by atoms with van der Waals surface area (Å²) in [5, 5.41) is 6.24. The molecule has 0 spiro atoms. The lowest BCUT2D eigenvalue weighted by atomic mass is 9.83. The Labute approximate surface area is 93.0 Å². The van der Waals surface area contributed by atoms with Gasteiger partial charge in [-0.15, -0.1) is 0 Å². The van der Waals surface area contributed by atoms with Crippen LogP contribution in [0.1, 0.15) is 51.9 Å². The minimum absolute atomic E-state index is 0.144. The third-order valence-electron chi connectivity index (χ3n) is 3.37. The van der Waals surface area contributed by atoms with Gasteiger partial charge >= 0.3 is 0 Å². The SMILES string of the molecule is CNC(=O)CCCNC1(C)CCCCC1. The van der Waals surface area contributed by atoms with Crippen molar-refractivity contribution >= 4 is 5.91 Å². The molecule has 0 aromatic heterocycles. The van der Waals surface area contributed by atoms with Crippen molar-refractivity contribution in [1.82, 2.24) is 10.6 Å². The fraction of sp³-hybridized carbons (Fsp3) is 0.917. The van der Waals surface area contributed by atoms with Crippen LogP contribution in [0.2, 0.25) is 0 Å². The average Bonchev–Trinajstić information content (AvgIpc) is 2.25. The van der Waals surface area contributed by atoms with Crippen LogP contribution in [0.25, 0.3) is 0 Å². The highest BCUT2D eigenvalue weighted by Crippen LogP contribution is 2.27. The minimum atomic E-state index is 0.144. The number of carbonyl (C=O) groups is 1. The molecule has 1 aliphatic rings. The van der Waals surface area contributed by atoms with Crippen LogP contribution in [0.5, 0.6) is 0 Å². The molecular weight excluding hydrogens is 188 g/mol. The standard InChI is InChI=1S/C12H24N2O/c1-12(8-4-3-5-9-12)14-10-6-7-11(15)13-2/h14H,3-10H2,1-2H3,(H,13,15). The van der Waals surface area contributed by atoms with Crippen molar-refractivity contribution < 1.29 is 4.79 Å². The topological polar surface area (TPSA) is 41.1 Å². The summed E-state index contributed by atoms with van der Waals surface area (Å²) >= 11 is 0. The van der Waals surface area contributed by atoms with Crippen molar-refractivity contribution in [1.29, 1.82) is 0 Å². The summed E-state index contributed by atoms with van der Waals surface area (Å²) in [6, 6.07) is 0. The maximum Gasteiger partial charge on any atom is 0.219 e. The monoisotopic (exact) mass is 212 g/mol. The van der Waals surface area contributed by atoms with E-state index >= 15 is 0 Å². The summed E-state index contributed by atoms with van der Waals surface area (Å²) in [4.78, 5) is 11.0. The van der Waals surface area contributed by atoms with E-state index in [-0.39, 0.29) is 5.91 Å². The number of carbonyl (C=O) groups excluding carboxylic acids is 1. The molecule has 0 radical (unpaired) electrons. The quantitative estimate of drug-likeness (QED) is 0.683. The van der Waals surface area contributed by atoms with E-state index in [0.29, 0.717) is 12.0 Å². The Kier molecular flexibility index (Phi) is 5.09. The molecule has 15 heavy (non-hydrogen) atoms. The zero-order valence-corrected chi connectivity index (χ0v) is 10.1. The van der Waals surface area contributed by atoms with Gasteiger partial charge in [0.2, 0.25) is 5.91 Å². The van der Waals surface area contributed by atoms with Gasteiger partial charge in [0.1, 0.15) is 0 Å². The molecule has 0 saturated heterocycles. The number of rotatable bonds is 5. The van der Waals surface area contributed by atoms with E-state index in [4.69, 9.17) is 0 Å². The van der Waals surface area contributed by atoms with Crippen molar-refractivity contribution in [2.24, 2.45) is 0 Å². The normalized spacial score (nSPS) is 19.9. The Morgan fingerprint density at radius 3 is 2.53 bits per heavy atom. The Hall–Kier alpha value is -0.570. The first-order valence-electron chi connectivity index (χ1n) is 6.12. The molecule has 0 aromatic carbocycles. The lowest BCUT2D eigenvalue weighted by molar-refractivity contribution is -0.120. The first-order valence-corrected chi connectivity index (χ1v) is 6.12. The molecule has 1 rings (SSSR count). The fourth-order valence-corrected chi connectivity index (χ4v) is 2.27. The highest BCUT2D eigenvalue weighted by Gasteiger charge is 2.25. The molecular formula is C12H24N2O. The Bertz CT molecular complexity index is 198. The fourth-order valence-electron chi connectivity index (χ4n) is 2.27. The second kappa shape index (κ2) is 6.11. The third-order valence-corrected chi connectivity index (χ3v) is 3.37. The number of hydrogen-bond donors (Lipinski definition) is 2. The molecule has 1 saturated carbocycles. The predicted octanol–water partition coefficient (Wildman–Crippen LogP) is 1.82. The van der Waals surface area contributed by atoms with Gasteiger partial charge in [0, 0.05) is 19.0 Å². The first-order chi connectivity index (χ1) is 7.16. The van der Waals surface area contributed by atoms with Gasteiger partial charge in [-0.3, -0.25) is 4.79 Å². The number of hydrogen-bond acceptors (Lipinski definition) is 2. The molecule has 3 nitrogen and oxygen atoms in total. The summed E-state index contributed by atoms with van der Waals surface area (Å²) < 4.78 is 0. The van der Waals surface area contributed by atoms with E-state index in [1.165, 1.54) is 32.1 Å². The van der Waals surface area contributed by atoms with Gasteiger partial charge < -0.3 is 10.6 Å². The van der Waals surface area contributed by atoms with Crippen LogP contribution in [0.4, 0.5) is 0 Å². The summed E-state index contributed by atoms with van der Waals surface area (Å²) in [7, 11) is 1.69. The second-order valence-corrected chi connectivity index (χ2v) is 4.82. The summed E-state index contributed by atoms with van der Waals surface area (Å²) in [6.07, 6.45) is 8.22. The van der Waals surface area contributed by atoms with Crippen molar-refractivity contribution in [3.8, 4) is 0 Å². The highest BCUT2D eigenvalue weighted by atomic mass is 16.1. The molecule has 88 valence electrons. The average molecular weight is 212 g/mol. The molecule has 2 N–H and O–H groups in total. The summed E-state index contributed by atoms with van der Waals surface area (Å²) in [6.45, 7) is 3.27. The Morgan fingerprint density at radius 1 is 1.27 bits per heavy atom. The van der Waals surface area contributed by atoms with Gasteiger partial charge in [-0.25, -0.2) is 0 Å². The molecule has 1 fully saturated rings. The van der Waals surface area contributed by atoms with E-state index in [9.17, 15) is 4.79 Å². The zero-order valence-electron chi connectivity index (χ0n) is 10.1. The Balaban J connectivity index is 2.10. The molecule has 0 heterocycles. The van der Waals surface area contributed by atoms with E-state index in [2.05, 4.69) is 17.6 Å². The van der Waals surface area contributed by atoms with Crippen molar-refractivity contribution in [2.45, 2.75) is 57.4 Å². The largest absolute Gasteiger partial charge is 0.359 e. The van der Waals surface area contributed by atoms with Gasteiger partial charge in [-0.1, -0.05) is 19.3 Å². The van der Waals surface area contributed by atoms with Gasteiger partial charge in [-0.05, 0) is 32.7 Å². The molecule has 0 aromatic rings. The number of amides is 1. The molecule has 0 bridgehead atoms. The maximum absolute atomic E-state index is 11.0. The third kappa shape index (κ3) is 4.65. The Morgan fingerprint density at radius 2 is 1.93 bits per heavy atom. The minimum Gasteiger partial charge on any atom is -0.359 e. The molecule has 0 aliphatic heterocycles. The zero-order chi connectivity index (χ0) is 11.1. The second-order valence-electron chi connectivity index (χ2n) is 4.82. The van der Waals surface area contributed by atoms with E-state index in [0.717, 1.165) is 13.0 Å². The first kappa shape index (κ1) is 12.5. The van der Waals surface area contributed by atoms with E-state index in [1.807, 2.05) is 0 Å². The van der Waals surface area contributed by atoms with Crippen LogP contribution in [-0.2, 0) is 4.79 Å². The van der Waals surface area contributed by atoms with Crippen LogP contribution in [0.15, 0.2) is 0 Å². The highest BCUT2D eigenvalue weighted by molar-refractivity contribution is 5.75. The van der Waals surface area contributed by atoms with Gasteiger partial charge in [0.15, 0.2) is 0 Å². The predicted molar refractivity (Wildman–Crippen MR) is 62.8 cm³/mol. The lowest BCUT2D eigenvalue weighted by Crippen LogP contribution is -2.44. The molecule has 0 atom stereocenters. The lowest BCUT2D eigenvalue weighted by Gasteiger charge is -2.34. The molecule has 1 aliphatic carbocycles. The molecule has 3 heteroatoms.